The molecule has 6 aromatic rings. The number of imidazole rings is 1. The highest BCUT2D eigenvalue weighted by Gasteiger charge is 2.22. The fourth-order valence-corrected chi connectivity index (χ4v) is 7.84. The predicted octanol–water partition coefficient (Wildman–Crippen LogP) is 2.42. The van der Waals surface area contributed by atoms with Crippen molar-refractivity contribution in [1.29, 1.82) is 0 Å². The molecule has 0 radical (unpaired) electrons. The number of carbonyl (C=O) groups excluding carboxylic acids is 9. The summed E-state index contributed by atoms with van der Waals surface area (Å²) in [7, 11) is 13.7. The Morgan fingerprint density at radius 3 is 1.24 bits per heavy atom. The minimum atomic E-state index is -0.556. The average molecular weight is 1030 g/mol. The van der Waals surface area contributed by atoms with Crippen molar-refractivity contribution < 1.29 is 43.2 Å². The number of hydrogen-bond acceptors (Lipinski definition) is 11. The van der Waals surface area contributed by atoms with Crippen molar-refractivity contribution in [2.45, 2.75) is 32.6 Å². The van der Waals surface area contributed by atoms with Gasteiger partial charge >= 0.3 is 0 Å². The number of rotatable bonds is 23. The molecule has 398 valence electrons. The van der Waals surface area contributed by atoms with E-state index in [1.54, 1.807) is 82.4 Å². The number of hydrogen-bond donors (Lipinski definition) is 9. The summed E-state index contributed by atoms with van der Waals surface area (Å²) in [4.78, 5) is 121. The van der Waals surface area contributed by atoms with Crippen LogP contribution in [0.1, 0.15) is 95.7 Å². The molecular weight excluding hydrogens is 971 g/mol. The van der Waals surface area contributed by atoms with Gasteiger partial charge in [0.1, 0.15) is 28.5 Å². The molecule has 0 aromatic carbocycles. The average Bonchev–Trinajstić information content (AvgIpc) is 4.19. The van der Waals surface area contributed by atoms with Crippen molar-refractivity contribution in [2.24, 2.45) is 42.3 Å². The first-order valence-electron chi connectivity index (χ1n) is 23.7. The Morgan fingerprint density at radius 1 is 0.427 bits per heavy atom. The summed E-state index contributed by atoms with van der Waals surface area (Å²) in [6.07, 6.45) is 10.6. The van der Waals surface area contributed by atoms with E-state index < -0.39 is 35.4 Å². The van der Waals surface area contributed by atoms with Crippen molar-refractivity contribution in [1.82, 2.24) is 53.2 Å². The molecule has 0 aliphatic heterocycles. The Balaban J connectivity index is 0.917. The van der Waals surface area contributed by atoms with E-state index >= 15 is 0 Å². The molecular formula is C49H63N17O9. The van der Waals surface area contributed by atoms with Gasteiger partial charge in [0.05, 0.1) is 28.4 Å². The van der Waals surface area contributed by atoms with E-state index in [4.69, 9.17) is 0 Å². The number of carbonyl (C=O) groups is 9. The molecule has 0 atom stereocenters. The zero-order chi connectivity index (χ0) is 54.7. The first kappa shape index (κ1) is 55.1. The first-order chi connectivity index (χ1) is 35.5. The van der Waals surface area contributed by atoms with Crippen LogP contribution in [-0.2, 0) is 56.7 Å². The maximum absolute atomic E-state index is 13.4. The zero-order valence-electron chi connectivity index (χ0n) is 43.3. The molecule has 26 nitrogen and oxygen atoms in total. The molecule has 0 unspecified atom stereocenters. The van der Waals surface area contributed by atoms with Gasteiger partial charge < -0.3 is 80.2 Å². The maximum Gasteiger partial charge on any atom is 0.291 e. The topological polar surface area (TPSA) is 308 Å². The van der Waals surface area contributed by atoms with Gasteiger partial charge in [0.2, 0.25) is 23.5 Å². The van der Waals surface area contributed by atoms with E-state index in [0.717, 1.165) is 13.0 Å². The van der Waals surface area contributed by atoms with Crippen LogP contribution >= 0.6 is 0 Å². The Hall–Kier alpha value is -9.20. The summed E-state index contributed by atoms with van der Waals surface area (Å²) >= 11 is 0. The van der Waals surface area contributed by atoms with Crippen molar-refractivity contribution in [3.8, 4) is 0 Å². The lowest BCUT2D eigenvalue weighted by atomic mass is 10.2. The minimum absolute atomic E-state index is 0.0410. The van der Waals surface area contributed by atoms with Crippen LogP contribution in [0.3, 0.4) is 0 Å². The van der Waals surface area contributed by atoms with Crippen LogP contribution in [0, 0.1) is 0 Å². The molecule has 0 saturated heterocycles. The Labute approximate surface area is 431 Å². The van der Waals surface area contributed by atoms with E-state index in [1.165, 1.54) is 61.7 Å². The highest BCUT2D eigenvalue weighted by atomic mass is 16.2. The maximum atomic E-state index is 13.4. The van der Waals surface area contributed by atoms with Crippen LogP contribution in [0.2, 0.25) is 0 Å². The van der Waals surface area contributed by atoms with Gasteiger partial charge in [0, 0.05) is 119 Å². The molecule has 9 N–H and O–H groups in total. The third-order valence-corrected chi connectivity index (χ3v) is 11.5. The van der Waals surface area contributed by atoms with Gasteiger partial charge in [-0.1, -0.05) is 0 Å². The number of aromatic nitrogens is 7. The van der Waals surface area contributed by atoms with Gasteiger partial charge in [-0.05, 0) is 63.8 Å². The monoisotopic (exact) mass is 1030 g/mol. The molecule has 75 heavy (non-hydrogen) atoms. The molecule has 6 aromatic heterocycles. The quantitative estimate of drug-likeness (QED) is 0.0420. The van der Waals surface area contributed by atoms with Gasteiger partial charge in [0.15, 0.2) is 5.82 Å². The minimum Gasteiger partial charge on any atom is -0.356 e. The summed E-state index contributed by atoms with van der Waals surface area (Å²) in [6.45, 7) is 3.03. The molecule has 0 aliphatic carbocycles. The van der Waals surface area contributed by atoms with Gasteiger partial charge in [0.25, 0.3) is 35.4 Å². The number of nitrogens with one attached hydrogen (secondary N) is 9. The van der Waals surface area contributed by atoms with E-state index in [1.807, 2.05) is 19.0 Å². The Bertz CT molecular complexity index is 3140. The fourth-order valence-electron chi connectivity index (χ4n) is 7.84. The molecule has 0 spiro atoms. The second kappa shape index (κ2) is 24.5. The molecule has 0 fully saturated rings. The fraction of sp³-hybridized carbons (Fsp3) is 0.347. The summed E-state index contributed by atoms with van der Waals surface area (Å²) in [5.41, 5.74) is 2.92. The van der Waals surface area contributed by atoms with Gasteiger partial charge in [-0.2, -0.15) is 0 Å². The summed E-state index contributed by atoms with van der Waals surface area (Å²) < 4.78 is 9.16. The molecule has 6 heterocycles. The van der Waals surface area contributed by atoms with Crippen LogP contribution in [-0.4, -0.2) is 131 Å². The Kier molecular flexibility index (Phi) is 18.0. The van der Waals surface area contributed by atoms with Crippen molar-refractivity contribution in [3.05, 3.63) is 102 Å². The molecule has 9 amide bonds. The molecule has 0 aliphatic rings. The number of aryl methyl sites for hydroxylation is 6. The lowest BCUT2D eigenvalue weighted by Crippen LogP contribution is -2.32. The van der Waals surface area contributed by atoms with Crippen LogP contribution in [0.15, 0.2) is 67.5 Å². The van der Waals surface area contributed by atoms with Gasteiger partial charge in [-0.25, -0.2) is 4.98 Å². The van der Waals surface area contributed by atoms with Crippen molar-refractivity contribution >= 4 is 87.4 Å². The molecule has 6 rings (SSSR count). The lowest BCUT2D eigenvalue weighted by Gasteiger charge is -2.10. The Morgan fingerprint density at radius 2 is 0.813 bits per heavy atom. The van der Waals surface area contributed by atoms with E-state index in [0.29, 0.717) is 41.4 Å². The number of anilines is 6. The van der Waals surface area contributed by atoms with E-state index in [9.17, 15) is 43.2 Å². The van der Waals surface area contributed by atoms with Crippen LogP contribution in [0.5, 0.6) is 0 Å². The second-order valence-electron chi connectivity index (χ2n) is 18.1. The second-order valence-corrected chi connectivity index (χ2v) is 18.1. The third kappa shape index (κ3) is 14.9. The normalized spacial score (nSPS) is 11.0. The lowest BCUT2D eigenvalue weighted by molar-refractivity contribution is -0.121. The largest absolute Gasteiger partial charge is 0.356 e. The molecule has 0 saturated carbocycles. The summed E-state index contributed by atoms with van der Waals surface area (Å²) in [5, 5.41) is 24.6. The van der Waals surface area contributed by atoms with Gasteiger partial charge in [-0.15, -0.1) is 0 Å². The first-order valence-corrected chi connectivity index (χ1v) is 23.7. The van der Waals surface area contributed by atoms with Crippen LogP contribution < -0.4 is 47.9 Å². The van der Waals surface area contributed by atoms with Crippen molar-refractivity contribution in [3.63, 3.8) is 0 Å². The predicted molar refractivity (Wildman–Crippen MR) is 280 cm³/mol. The van der Waals surface area contributed by atoms with E-state index in [-0.39, 0.29) is 83.8 Å². The van der Waals surface area contributed by atoms with E-state index in [2.05, 4.69) is 52.8 Å². The summed E-state index contributed by atoms with van der Waals surface area (Å²) in [6, 6.07) is 7.51. The summed E-state index contributed by atoms with van der Waals surface area (Å²) in [5.74, 6) is -3.48. The number of amides is 9. The van der Waals surface area contributed by atoms with Crippen LogP contribution in [0.4, 0.5) is 34.3 Å². The smallest absolute Gasteiger partial charge is 0.291 e. The third-order valence-electron chi connectivity index (χ3n) is 11.5. The zero-order valence-corrected chi connectivity index (χ0v) is 43.3. The standard InChI is InChI=1S/C49H63N17O9/c1-29(67)53-40-28-66(9)43(59-40)49(75)58-34-22-39(65(8)27-34)48(74)55-31-19-35(61(4)24-31)44(70)51-14-10-12-42(69)54-30-18-37(63(6)23-30)46(72)57-33-21-38(64(7)26-33)47(73)56-32-20-36(62(5)25-32)45(71)52-16-13-41(68)50-15-11-17-60(2)3/h18-28H,10-17H2,1-9H3,(H,50,68)(H,51,70)(H,52,71)(H,53,67)(H,54,69)(H,55,74)(H,56,73)(H,57,72)(H,58,75). The molecule has 26 heteroatoms. The van der Waals surface area contributed by atoms with Crippen molar-refractivity contribution in [2.75, 3.05) is 72.2 Å². The van der Waals surface area contributed by atoms with Crippen LogP contribution in [0.25, 0.3) is 0 Å². The highest BCUT2D eigenvalue weighted by Crippen LogP contribution is 2.22. The molecule has 0 bridgehead atoms. The SMILES string of the molecule is CC(=O)Nc1cn(C)c(C(=O)Nc2cc(C(=O)Nc3cc(C(=O)NCCCC(=O)Nc4cc(C(=O)Nc5cc(C(=O)Nc6cc(C(=O)NCCC(=O)NCCCN(C)C)n(C)c6)n(C)c5)n(C)c4)n(C)c3)n(C)c2)n1. The highest BCUT2D eigenvalue weighted by molar-refractivity contribution is 6.09. The number of nitrogens with zero attached hydrogens (tertiary/aromatic N) is 8. The van der Waals surface area contributed by atoms with Gasteiger partial charge in [-0.3, -0.25) is 43.2 Å².